The molecule has 2 N–H and O–H groups in total. The number of hydrogen-bond donors (Lipinski definition) is 1. The van der Waals surface area contributed by atoms with Crippen LogP contribution in [0.25, 0.3) is 16.6 Å². The first kappa shape index (κ1) is 22.5. The summed E-state index contributed by atoms with van der Waals surface area (Å²) in [5.41, 5.74) is 9.06. The Kier molecular flexibility index (Phi) is 5.91. The van der Waals surface area contributed by atoms with Gasteiger partial charge in [-0.05, 0) is 39.0 Å². The Hall–Kier alpha value is -3.70. The number of aryl methyl sites for hydroxylation is 1. The molecule has 168 valence electrons. The van der Waals surface area contributed by atoms with Crippen LogP contribution in [-0.2, 0) is 0 Å². The quantitative estimate of drug-likeness (QED) is 0.430. The van der Waals surface area contributed by atoms with Crippen LogP contribution in [0.2, 0.25) is 5.02 Å². The second-order valence-electron chi connectivity index (χ2n) is 7.98. The highest BCUT2D eigenvalue weighted by Crippen LogP contribution is 2.44. The molecule has 0 amide bonds. The van der Waals surface area contributed by atoms with Gasteiger partial charge in [-0.1, -0.05) is 18.5 Å². The maximum atomic E-state index is 15.4. The molecule has 0 spiro atoms. The number of imidazole rings is 1. The van der Waals surface area contributed by atoms with Gasteiger partial charge in [0.05, 0.1) is 22.4 Å². The van der Waals surface area contributed by atoms with E-state index in [1.807, 2.05) is 38.2 Å². The van der Waals surface area contributed by atoms with Gasteiger partial charge in [-0.2, -0.15) is 5.26 Å². The number of pyridine rings is 1. The molecule has 0 saturated carbocycles. The van der Waals surface area contributed by atoms with E-state index in [1.165, 1.54) is 12.3 Å². The molecular formula is C24H22ClFN6O. The van der Waals surface area contributed by atoms with E-state index in [9.17, 15) is 0 Å². The van der Waals surface area contributed by atoms with E-state index >= 15 is 4.39 Å². The van der Waals surface area contributed by atoms with E-state index in [4.69, 9.17) is 32.3 Å². The molecule has 0 aliphatic rings. The van der Waals surface area contributed by atoms with E-state index in [-0.39, 0.29) is 28.3 Å². The molecule has 9 heteroatoms. The zero-order valence-electron chi connectivity index (χ0n) is 18.6. The highest BCUT2D eigenvalue weighted by molar-refractivity contribution is 6.31. The van der Waals surface area contributed by atoms with Crippen LogP contribution in [0.1, 0.15) is 49.5 Å². The average Bonchev–Trinajstić information content (AvgIpc) is 3.13. The number of aromatic nitrogens is 4. The average molecular weight is 465 g/mol. The van der Waals surface area contributed by atoms with E-state index in [0.717, 1.165) is 11.2 Å². The molecule has 0 saturated heterocycles. The molecular weight excluding hydrogens is 443 g/mol. The van der Waals surface area contributed by atoms with Crippen LogP contribution in [0, 0.1) is 24.1 Å². The third-order valence-corrected chi connectivity index (χ3v) is 5.63. The molecule has 4 aromatic rings. The molecule has 0 radical (unpaired) electrons. The van der Waals surface area contributed by atoms with Crippen LogP contribution < -0.4 is 10.5 Å². The van der Waals surface area contributed by atoms with Crippen molar-refractivity contribution in [2.75, 3.05) is 5.73 Å². The number of nitrogen functional groups attached to an aromatic ring is 1. The van der Waals surface area contributed by atoms with E-state index in [1.54, 1.807) is 24.5 Å². The molecule has 1 atom stereocenters. The number of rotatable bonds is 5. The predicted molar refractivity (Wildman–Crippen MR) is 125 cm³/mol. The second-order valence-corrected chi connectivity index (χ2v) is 8.39. The molecule has 7 nitrogen and oxygen atoms in total. The Bertz CT molecular complexity index is 1390. The molecule has 3 aromatic heterocycles. The van der Waals surface area contributed by atoms with Crippen molar-refractivity contribution in [2.24, 2.45) is 0 Å². The van der Waals surface area contributed by atoms with Gasteiger partial charge in [-0.3, -0.25) is 4.40 Å². The number of nitriles is 1. The first-order valence-corrected chi connectivity index (χ1v) is 10.7. The van der Waals surface area contributed by atoms with E-state index < -0.39 is 5.82 Å². The summed E-state index contributed by atoms with van der Waals surface area (Å²) >= 11 is 6.36. The Balaban J connectivity index is 1.98. The van der Waals surface area contributed by atoms with Crippen molar-refractivity contribution in [1.29, 1.82) is 5.26 Å². The maximum absolute atomic E-state index is 15.4. The fraction of sp³-hybridized carbons (Fsp3) is 0.250. The van der Waals surface area contributed by atoms with E-state index in [2.05, 4.69) is 9.97 Å². The highest BCUT2D eigenvalue weighted by atomic mass is 35.5. The summed E-state index contributed by atoms with van der Waals surface area (Å²) in [5, 5.41) is 9.02. The van der Waals surface area contributed by atoms with Crippen molar-refractivity contribution in [1.82, 2.24) is 19.4 Å². The largest absolute Gasteiger partial charge is 0.490 e. The molecule has 0 bridgehead atoms. The van der Waals surface area contributed by atoms with Gasteiger partial charge in [0.2, 0.25) is 0 Å². The molecule has 0 unspecified atom stereocenters. The molecule has 0 fully saturated rings. The standard InChI is InChI=1S/C24H22ClFN6O/c1-12(2)33-22-17(13(3)24-31-14(4)21-23(28)29-7-8-32(21)24)9-18(25)20(26)19(22)15-5-6-16(10-27)30-11-15/h5-9,11-13H,1-4H3,(H2,28,29)/t13-/m0/s1. The van der Waals surface area contributed by atoms with Crippen molar-refractivity contribution < 1.29 is 9.13 Å². The first-order valence-electron chi connectivity index (χ1n) is 10.4. The van der Waals surface area contributed by atoms with Gasteiger partial charge in [0.1, 0.15) is 34.7 Å². The number of hydrogen-bond acceptors (Lipinski definition) is 6. The number of ether oxygens (including phenoxy) is 1. The van der Waals surface area contributed by atoms with Crippen LogP contribution in [0.3, 0.4) is 0 Å². The fourth-order valence-electron chi connectivity index (χ4n) is 3.89. The lowest BCUT2D eigenvalue weighted by atomic mass is 9.93. The molecule has 3 heterocycles. The normalized spacial score (nSPS) is 12.2. The highest BCUT2D eigenvalue weighted by Gasteiger charge is 2.27. The minimum absolute atomic E-state index is 0.0499. The van der Waals surface area contributed by atoms with Crippen LogP contribution in [0.15, 0.2) is 36.8 Å². The van der Waals surface area contributed by atoms with Gasteiger partial charge < -0.3 is 10.5 Å². The number of nitrogens with two attached hydrogens (primary N) is 1. The molecule has 33 heavy (non-hydrogen) atoms. The first-order chi connectivity index (χ1) is 15.7. The predicted octanol–water partition coefficient (Wildman–Crippen LogP) is 5.29. The van der Waals surface area contributed by atoms with Gasteiger partial charge in [-0.15, -0.1) is 0 Å². The topological polar surface area (TPSA) is 102 Å². The number of anilines is 1. The van der Waals surface area contributed by atoms with Gasteiger partial charge in [0.25, 0.3) is 0 Å². The summed E-state index contributed by atoms with van der Waals surface area (Å²) in [4.78, 5) is 13.0. The second kappa shape index (κ2) is 8.68. The smallest absolute Gasteiger partial charge is 0.153 e. The number of fused-ring (bicyclic) bond motifs is 1. The molecule has 0 aliphatic heterocycles. The van der Waals surface area contributed by atoms with Crippen molar-refractivity contribution in [3.63, 3.8) is 0 Å². The van der Waals surface area contributed by atoms with Crippen LogP contribution in [0.5, 0.6) is 5.75 Å². The number of nitrogens with zero attached hydrogens (tertiary/aromatic N) is 5. The number of benzene rings is 1. The summed E-state index contributed by atoms with van der Waals surface area (Å²) in [6, 6.07) is 6.69. The van der Waals surface area contributed by atoms with Crippen LogP contribution in [-0.4, -0.2) is 25.5 Å². The van der Waals surface area contributed by atoms with Crippen LogP contribution >= 0.6 is 11.6 Å². The molecule has 4 rings (SSSR count). The summed E-state index contributed by atoms with van der Waals surface area (Å²) in [7, 11) is 0. The van der Waals surface area contributed by atoms with E-state index in [0.29, 0.717) is 28.5 Å². The Morgan fingerprint density at radius 2 is 2.00 bits per heavy atom. The fourth-order valence-corrected chi connectivity index (χ4v) is 4.10. The number of halogens is 2. The lowest BCUT2D eigenvalue weighted by Crippen LogP contribution is -2.13. The SMILES string of the molecule is Cc1nc([C@@H](C)c2cc(Cl)c(F)c(-c3ccc(C#N)nc3)c2OC(C)C)n2ccnc(N)c12. The molecule has 0 aliphatic carbocycles. The van der Waals surface area contributed by atoms with Crippen molar-refractivity contribution in [3.05, 3.63) is 70.4 Å². The molecule has 1 aromatic carbocycles. The van der Waals surface area contributed by atoms with Gasteiger partial charge in [-0.25, -0.2) is 19.3 Å². The lowest BCUT2D eigenvalue weighted by molar-refractivity contribution is 0.239. The lowest BCUT2D eigenvalue weighted by Gasteiger charge is -2.23. The summed E-state index contributed by atoms with van der Waals surface area (Å²) in [6.45, 7) is 7.54. The minimum atomic E-state index is -0.618. The summed E-state index contributed by atoms with van der Waals surface area (Å²) < 4.78 is 23.4. The Morgan fingerprint density at radius 3 is 2.64 bits per heavy atom. The van der Waals surface area contributed by atoms with Gasteiger partial charge in [0, 0.05) is 35.6 Å². The van der Waals surface area contributed by atoms with Crippen molar-refractivity contribution >= 4 is 22.9 Å². The zero-order valence-corrected chi connectivity index (χ0v) is 19.4. The van der Waals surface area contributed by atoms with Crippen molar-refractivity contribution in [2.45, 2.75) is 39.7 Å². The minimum Gasteiger partial charge on any atom is -0.490 e. The monoisotopic (exact) mass is 464 g/mol. The van der Waals surface area contributed by atoms with Crippen molar-refractivity contribution in [3.8, 4) is 22.9 Å². The Morgan fingerprint density at radius 1 is 1.24 bits per heavy atom. The van der Waals surface area contributed by atoms with Crippen LogP contribution in [0.4, 0.5) is 10.2 Å². The third kappa shape index (κ3) is 3.96. The summed E-state index contributed by atoms with van der Waals surface area (Å²) in [5.74, 6) is 0.470. The third-order valence-electron chi connectivity index (χ3n) is 5.36. The maximum Gasteiger partial charge on any atom is 0.153 e. The van der Waals surface area contributed by atoms with Gasteiger partial charge >= 0.3 is 0 Å². The summed E-state index contributed by atoms with van der Waals surface area (Å²) in [6.07, 6.45) is 4.60. The zero-order chi connectivity index (χ0) is 23.9. The van der Waals surface area contributed by atoms with Gasteiger partial charge in [0.15, 0.2) is 5.82 Å². The Labute approximate surface area is 195 Å².